The van der Waals surface area contributed by atoms with Crippen LogP contribution in [0.5, 0.6) is 0 Å². The molecule has 0 saturated heterocycles. The first kappa shape index (κ1) is 19.7. The molecule has 0 bridgehead atoms. The van der Waals surface area contributed by atoms with Gasteiger partial charge in [-0.1, -0.05) is 30.7 Å². The highest BCUT2D eigenvalue weighted by atomic mass is 16.5. The maximum Gasteiger partial charge on any atom is 0.191 e. The van der Waals surface area contributed by atoms with Crippen LogP contribution in [0.15, 0.2) is 29.3 Å². The number of rotatable bonds is 10. The quantitative estimate of drug-likeness (QED) is 0.504. The van der Waals surface area contributed by atoms with Crippen LogP contribution in [-0.2, 0) is 22.6 Å². The number of methoxy groups -OCH3 is 2. The highest BCUT2D eigenvalue weighted by molar-refractivity contribution is 5.79. The number of hydrogen-bond acceptors (Lipinski definition) is 3. The molecular formula is C20H33N3O2. The Labute approximate surface area is 152 Å². The molecule has 0 unspecified atom stereocenters. The van der Waals surface area contributed by atoms with E-state index in [2.05, 4.69) is 41.8 Å². The van der Waals surface area contributed by atoms with Crippen LogP contribution in [-0.4, -0.2) is 39.9 Å². The summed E-state index contributed by atoms with van der Waals surface area (Å²) in [6, 6.07) is 8.41. The summed E-state index contributed by atoms with van der Waals surface area (Å²) in [5.74, 6) is 0.892. The normalized spacial score (nSPS) is 16.4. The predicted molar refractivity (Wildman–Crippen MR) is 103 cm³/mol. The highest BCUT2D eigenvalue weighted by Gasteiger charge is 2.36. The van der Waals surface area contributed by atoms with Crippen molar-refractivity contribution in [2.75, 3.05) is 33.9 Å². The molecule has 25 heavy (non-hydrogen) atoms. The van der Waals surface area contributed by atoms with Gasteiger partial charge in [0.15, 0.2) is 5.96 Å². The van der Waals surface area contributed by atoms with Crippen LogP contribution in [0.25, 0.3) is 0 Å². The molecular weight excluding hydrogens is 314 g/mol. The van der Waals surface area contributed by atoms with Crippen LogP contribution in [0, 0.1) is 5.41 Å². The summed E-state index contributed by atoms with van der Waals surface area (Å²) in [5, 5.41) is 6.89. The summed E-state index contributed by atoms with van der Waals surface area (Å²) < 4.78 is 10.5. The first-order valence-electron chi connectivity index (χ1n) is 9.29. The number of aliphatic imine (C=N–C) groups is 1. The van der Waals surface area contributed by atoms with Crippen molar-refractivity contribution < 1.29 is 9.47 Å². The Balaban J connectivity index is 1.92. The van der Waals surface area contributed by atoms with Gasteiger partial charge in [-0.15, -0.1) is 0 Å². The predicted octanol–water partition coefficient (Wildman–Crippen LogP) is 3.09. The smallest absolute Gasteiger partial charge is 0.191 e. The summed E-state index contributed by atoms with van der Waals surface area (Å²) in [7, 11) is 3.50. The molecule has 1 aromatic rings. The summed E-state index contributed by atoms with van der Waals surface area (Å²) in [6.45, 7) is 6.06. The first-order chi connectivity index (χ1) is 12.2. The Morgan fingerprint density at radius 3 is 2.60 bits per heavy atom. The van der Waals surface area contributed by atoms with Gasteiger partial charge in [0.05, 0.1) is 13.2 Å². The van der Waals surface area contributed by atoms with Crippen molar-refractivity contribution in [3.05, 3.63) is 35.4 Å². The molecule has 0 aliphatic heterocycles. The molecule has 0 heterocycles. The molecule has 140 valence electrons. The average Bonchev–Trinajstić information content (AvgIpc) is 2.59. The second-order valence-corrected chi connectivity index (χ2v) is 6.90. The topological polar surface area (TPSA) is 54.9 Å². The maximum atomic E-state index is 5.28. The lowest BCUT2D eigenvalue weighted by molar-refractivity contribution is 0.0732. The van der Waals surface area contributed by atoms with E-state index in [4.69, 9.17) is 14.5 Å². The fraction of sp³-hybridized carbons (Fsp3) is 0.650. The monoisotopic (exact) mass is 347 g/mol. The Morgan fingerprint density at radius 2 is 1.96 bits per heavy atom. The van der Waals surface area contributed by atoms with Crippen LogP contribution in [0.2, 0.25) is 0 Å². The van der Waals surface area contributed by atoms with Gasteiger partial charge in [-0.05, 0) is 42.7 Å². The van der Waals surface area contributed by atoms with Gasteiger partial charge in [0.25, 0.3) is 0 Å². The summed E-state index contributed by atoms with van der Waals surface area (Å²) in [6.07, 6.45) is 5.00. The molecule has 0 amide bonds. The molecule has 2 N–H and O–H groups in total. The highest BCUT2D eigenvalue weighted by Crippen LogP contribution is 2.43. The lowest BCUT2D eigenvalue weighted by Crippen LogP contribution is -2.46. The lowest BCUT2D eigenvalue weighted by atomic mass is 9.67. The van der Waals surface area contributed by atoms with Crippen molar-refractivity contribution in [3.8, 4) is 0 Å². The third kappa shape index (κ3) is 6.33. The van der Waals surface area contributed by atoms with Gasteiger partial charge < -0.3 is 20.1 Å². The molecule has 0 spiro atoms. The van der Waals surface area contributed by atoms with Crippen LogP contribution in [0.4, 0.5) is 0 Å². The molecule has 0 radical (unpaired) electrons. The van der Waals surface area contributed by atoms with Crippen molar-refractivity contribution in [3.63, 3.8) is 0 Å². The summed E-state index contributed by atoms with van der Waals surface area (Å²) in [5.41, 5.74) is 2.76. The van der Waals surface area contributed by atoms with E-state index >= 15 is 0 Å². The molecule has 1 aliphatic rings. The zero-order chi connectivity index (χ0) is 18.0. The zero-order valence-electron chi connectivity index (χ0n) is 15.9. The van der Waals surface area contributed by atoms with Gasteiger partial charge in [-0.2, -0.15) is 0 Å². The number of hydrogen-bond donors (Lipinski definition) is 2. The van der Waals surface area contributed by atoms with Gasteiger partial charge in [-0.3, -0.25) is 0 Å². The van der Waals surface area contributed by atoms with Crippen LogP contribution >= 0.6 is 0 Å². The van der Waals surface area contributed by atoms with E-state index in [0.29, 0.717) is 18.6 Å². The fourth-order valence-electron chi connectivity index (χ4n) is 3.28. The van der Waals surface area contributed by atoms with E-state index < -0.39 is 0 Å². The van der Waals surface area contributed by atoms with Gasteiger partial charge in [0, 0.05) is 33.9 Å². The maximum absolute atomic E-state index is 5.28. The number of ether oxygens (including phenoxy) is 2. The molecule has 1 fully saturated rings. The van der Waals surface area contributed by atoms with Gasteiger partial charge >= 0.3 is 0 Å². The van der Waals surface area contributed by atoms with Crippen molar-refractivity contribution in [2.24, 2.45) is 10.4 Å². The van der Waals surface area contributed by atoms with E-state index in [1.54, 1.807) is 14.2 Å². The first-order valence-corrected chi connectivity index (χ1v) is 9.29. The van der Waals surface area contributed by atoms with E-state index in [0.717, 1.165) is 32.1 Å². The van der Waals surface area contributed by atoms with Crippen molar-refractivity contribution in [1.82, 2.24) is 10.6 Å². The third-order valence-corrected chi connectivity index (χ3v) is 4.95. The molecule has 5 nitrogen and oxygen atoms in total. The molecule has 0 atom stereocenters. The lowest BCUT2D eigenvalue weighted by Gasteiger charge is -2.42. The Morgan fingerprint density at radius 1 is 1.16 bits per heavy atom. The number of guanidine groups is 1. The van der Waals surface area contributed by atoms with Crippen LogP contribution in [0.1, 0.15) is 43.7 Å². The van der Waals surface area contributed by atoms with Crippen molar-refractivity contribution in [2.45, 2.75) is 45.8 Å². The minimum atomic E-state index is 0.380. The third-order valence-electron chi connectivity index (χ3n) is 4.95. The summed E-state index contributed by atoms with van der Waals surface area (Å²) in [4.78, 5) is 4.75. The molecule has 0 aromatic heterocycles. The number of benzene rings is 1. The SMILES string of the molecule is CCNC(=NCc1cccc(COC)c1)NCC1(CCOC)CCC1. The van der Waals surface area contributed by atoms with E-state index in [1.165, 1.54) is 30.4 Å². The molecule has 2 rings (SSSR count). The van der Waals surface area contributed by atoms with E-state index in [-0.39, 0.29) is 0 Å². The molecule has 1 aliphatic carbocycles. The van der Waals surface area contributed by atoms with E-state index in [1.807, 2.05) is 0 Å². The fourth-order valence-corrected chi connectivity index (χ4v) is 3.28. The standard InChI is InChI=1S/C20H33N3O2/c1-4-21-19(23-16-20(9-6-10-20)11-12-24-2)22-14-17-7-5-8-18(13-17)15-25-3/h5,7-8,13H,4,6,9-12,14-16H2,1-3H3,(H2,21,22,23). The molecule has 5 heteroatoms. The van der Waals surface area contributed by atoms with E-state index in [9.17, 15) is 0 Å². The second kappa shape index (κ2) is 10.4. The zero-order valence-corrected chi connectivity index (χ0v) is 15.9. The number of nitrogens with one attached hydrogen (secondary N) is 2. The minimum absolute atomic E-state index is 0.380. The Bertz CT molecular complexity index is 541. The summed E-state index contributed by atoms with van der Waals surface area (Å²) >= 11 is 0. The average molecular weight is 348 g/mol. The van der Waals surface area contributed by atoms with Crippen LogP contribution < -0.4 is 10.6 Å². The van der Waals surface area contributed by atoms with Gasteiger partial charge in [0.2, 0.25) is 0 Å². The van der Waals surface area contributed by atoms with Crippen LogP contribution in [0.3, 0.4) is 0 Å². The Hall–Kier alpha value is -1.59. The largest absolute Gasteiger partial charge is 0.385 e. The minimum Gasteiger partial charge on any atom is -0.385 e. The number of nitrogens with zero attached hydrogens (tertiary/aromatic N) is 1. The second-order valence-electron chi connectivity index (χ2n) is 6.90. The van der Waals surface area contributed by atoms with Crippen molar-refractivity contribution >= 4 is 5.96 Å². The molecule has 1 aromatic carbocycles. The Kier molecular flexibility index (Phi) is 8.22. The van der Waals surface area contributed by atoms with Crippen molar-refractivity contribution in [1.29, 1.82) is 0 Å². The molecule has 1 saturated carbocycles. The van der Waals surface area contributed by atoms with Gasteiger partial charge in [0.1, 0.15) is 0 Å². The van der Waals surface area contributed by atoms with Gasteiger partial charge in [-0.25, -0.2) is 4.99 Å².